The SMILES string of the molecule is CC.CCOc1cccc(Br)c1. The van der Waals surface area contributed by atoms with E-state index in [-0.39, 0.29) is 0 Å². The molecule has 0 aliphatic carbocycles. The molecule has 0 saturated heterocycles. The fourth-order valence-corrected chi connectivity index (χ4v) is 1.10. The van der Waals surface area contributed by atoms with E-state index in [0.29, 0.717) is 0 Å². The first kappa shape index (κ1) is 11.5. The lowest BCUT2D eigenvalue weighted by Gasteiger charge is -2.01. The van der Waals surface area contributed by atoms with Crippen molar-refractivity contribution in [3.8, 4) is 5.75 Å². The molecule has 0 N–H and O–H groups in total. The topological polar surface area (TPSA) is 9.23 Å². The molecule has 1 aromatic carbocycles. The Kier molecular flexibility index (Phi) is 6.87. The minimum absolute atomic E-state index is 0.719. The third kappa shape index (κ3) is 4.39. The van der Waals surface area contributed by atoms with Crippen molar-refractivity contribution in [2.24, 2.45) is 0 Å². The van der Waals surface area contributed by atoms with Crippen molar-refractivity contribution in [3.05, 3.63) is 28.7 Å². The van der Waals surface area contributed by atoms with Gasteiger partial charge >= 0.3 is 0 Å². The lowest BCUT2D eigenvalue weighted by molar-refractivity contribution is 0.340. The van der Waals surface area contributed by atoms with E-state index in [0.717, 1.165) is 16.8 Å². The van der Waals surface area contributed by atoms with Crippen LogP contribution in [0.2, 0.25) is 0 Å². The van der Waals surface area contributed by atoms with Gasteiger partial charge in [0.25, 0.3) is 0 Å². The van der Waals surface area contributed by atoms with E-state index >= 15 is 0 Å². The van der Waals surface area contributed by atoms with E-state index in [4.69, 9.17) is 4.74 Å². The number of hydrogen-bond acceptors (Lipinski definition) is 1. The maximum Gasteiger partial charge on any atom is 0.120 e. The van der Waals surface area contributed by atoms with Crippen LogP contribution in [0.4, 0.5) is 0 Å². The molecule has 1 nitrogen and oxygen atoms in total. The van der Waals surface area contributed by atoms with Gasteiger partial charge in [-0.1, -0.05) is 35.8 Å². The van der Waals surface area contributed by atoms with E-state index in [1.54, 1.807) is 0 Å². The van der Waals surface area contributed by atoms with Gasteiger partial charge in [-0.3, -0.25) is 0 Å². The highest BCUT2D eigenvalue weighted by atomic mass is 79.9. The first-order chi connectivity index (χ1) is 5.83. The fourth-order valence-electron chi connectivity index (χ4n) is 0.723. The molecular formula is C10H15BrO. The van der Waals surface area contributed by atoms with Crippen molar-refractivity contribution in [1.29, 1.82) is 0 Å². The zero-order valence-electron chi connectivity index (χ0n) is 7.80. The van der Waals surface area contributed by atoms with Crippen molar-refractivity contribution < 1.29 is 4.74 Å². The number of rotatable bonds is 2. The van der Waals surface area contributed by atoms with Gasteiger partial charge in [0.1, 0.15) is 5.75 Å². The van der Waals surface area contributed by atoms with Gasteiger partial charge in [-0.2, -0.15) is 0 Å². The van der Waals surface area contributed by atoms with Gasteiger partial charge in [-0.05, 0) is 25.1 Å². The summed E-state index contributed by atoms with van der Waals surface area (Å²) >= 11 is 3.35. The molecule has 0 saturated carbocycles. The number of benzene rings is 1. The normalized spacial score (nSPS) is 8.33. The Labute approximate surface area is 82.9 Å². The molecule has 0 amide bonds. The van der Waals surface area contributed by atoms with E-state index in [1.165, 1.54) is 0 Å². The molecular weight excluding hydrogens is 216 g/mol. The maximum absolute atomic E-state index is 5.26. The number of hydrogen-bond donors (Lipinski definition) is 0. The molecule has 1 aromatic rings. The summed E-state index contributed by atoms with van der Waals surface area (Å²) < 4.78 is 6.31. The summed E-state index contributed by atoms with van der Waals surface area (Å²) in [6, 6.07) is 7.81. The number of halogens is 1. The summed E-state index contributed by atoms with van der Waals surface area (Å²) in [5.74, 6) is 0.914. The minimum atomic E-state index is 0.719. The standard InChI is InChI=1S/C8H9BrO.C2H6/c1-2-10-8-5-3-4-7(9)6-8;1-2/h3-6H,2H2,1H3;1-2H3. The summed E-state index contributed by atoms with van der Waals surface area (Å²) in [5.41, 5.74) is 0. The predicted molar refractivity (Wildman–Crippen MR) is 56.7 cm³/mol. The highest BCUT2D eigenvalue weighted by molar-refractivity contribution is 9.10. The second-order valence-electron chi connectivity index (χ2n) is 1.89. The summed E-state index contributed by atoms with van der Waals surface area (Å²) in [6.07, 6.45) is 0. The van der Waals surface area contributed by atoms with Crippen LogP contribution in [0.15, 0.2) is 28.7 Å². The highest BCUT2D eigenvalue weighted by Crippen LogP contribution is 2.17. The van der Waals surface area contributed by atoms with Crippen LogP contribution in [0.5, 0.6) is 5.75 Å². The number of ether oxygens (including phenoxy) is 1. The van der Waals surface area contributed by atoms with Gasteiger partial charge in [-0.25, -0.2) is 0 Å². The molecule has 0 aromatic heterocycles. The molecule has 0 bridgehead atoms. The van der Waals surface area contributed by atoms with Crippen LogP contribution in [0.25, 0.3) is 0 Å². The van der Waals surface area contributed by atoms with Crippen molar-refractivity contribution in [1.82, 2.24) is 0 Å². The summed E-state index contributed by atoms with van der Waals surface area (Å²) in [6.45, 7) is 6.69. The van der Waals surface area contributed by atoms with E-state index in [9.17, 15) is 0 Å². The molecule has 0 aliphatic heterocycles. The van der Waals surface area contributed by atoms with Crippen LogP contribution in [0.1, 0.15) is 20.8 Å². The fraction of sp³-hybridized carbons (Fsp3) is 0.400. The van der Waals surface area contributed by atoms with Crippen molar-refractivity contribution >= 4 is 15.9 Å². The molecule has 0 unspecified atom stereocenters. The Hall–Kier alpha value is -0.500. The third-order valence-corrected chi connectivity index (χ3v) is 1.60. The van der Waals surface area contributed by atoms with Gasteiger partial charge in [-0.15, -0.1) is 0 Å². The van der Waals surface area contributed by atoms with Gasteiger partial charge in [0.2, 0.25) is 0 Å². The van der Waals surface area contributed by atoms with E-state index in [2.05, 4.69) is 15.9 Å². The second-order valence-corrected chi connectivity index (χ2v) is 2.81. The van der Waals surface area contributed by atoms with Crippen LogP contribution in [0, 0.1) is 0 Å². The molecule has 0 aliphatic rings. The van der Waals surface area contributed by atoms with E-state index in [1.807, 2.05) is 45.0 Å². The monoisotopic (exact) mass is 230 g/mol. The molecule has 0 fully saturated rings. The molecule has 0 radical (unpaired) electrons. The van der Waals surface area contributed by atoms with Crippen LogP contribution >= 0.6 is 15.9 Å². The Balaban J connectivity index is 0.000000561. The zero-order chi connectivity index (χ0) is 9.40. The average Bonchev–Trinajstić information content (AvgIpc) is 2.09. The first-order valence-electron chi connectivity index (χ1n) is 4.21. The van der Waals surface area contributed by atoms with Gasteiger partial charge < -0.3 is 4.74 Å². The largest absolute Gasteiger partial charge is 0.494 e. The van der Waals surface area contributed by atoms with Crippen LogP contribution in [0.3, 0.4) is 0 Å². The van der Waals surface area contributed by atoms with Crippen molar-refractivity contribution in [2.45, 2.75) is 20.8 Å². The highest BCUT2D eigenvalue weighted by Gasteiger charge is 1.90. The molecule has 0 spiro atoms. The lowest BCUT2D eigenvalue weighted by Crippen LogP contribution is -1.89. The van der Waals surface area contributed by atoms with E-state index < -0.39 is 0 Å². The second kappa shape index (κ2) is 7.17. The molecule has 1 rings (SSSR count). The Morgan fingerprint density at radius 1 is 1.33 bits per heavy atom. The van der Waals surface area contributed by atoms with Crippen molar-refractivity contribution in [3.63, 3.8) is 0 Å². The van der Waals surface area contributed by atoms with Gasteiger partial charge in [0.05, 0.1) is 6.61 Å². The maximum atomic E-state index is 5.26. The predicted octanol–water partition coefficient (Wildman–Crippen LogP) is 3.87. The zero-order valence-corrected chi connectivity index (χ0v) is 9.39. The molecule has 0 atom stereocenters. The van der Waals surface area contributed by atoms with Gasteiger partial charge in [0, 0.05) is 4.47 Å². The third-order valence-electron chi connectivity index (χ3n) is 1.11. The Morgan fingerprint density at radius 2 is 2.00 bits per heavy atom. The molecule has 68 valence electrons. The van der Waals surface area contributed by atoms with Crippen molar-refractivity contribution in [2.75, 3.05) is 6.61 Å². The van der Waals surface area contributed by atoms with Crippen LogP contribution in [-0.2, 0) is 0 Å². The first-order valence-corrected chi connectivity index (χ1v) is 5.00. The quantitative estimate of drug-likeness (QED) is 0.750. The van der Waals surface area contributed by atoms with Crippen LogP contribution in [-0.4, -0.2) is 6.61 Å². The van der Waals surface area contributed by atoms with Gasteiger partial charge in [0.15, 0.2) is 0 Å². The average molecular weight is 231 g/mol. The summed E-state index contributed by atoms with van der Waals surface area (Å²) in [4.78, 5) is 0. The summed E-state index contributed by atoms with van der Waals surface area (Å²) in [5, 5.41) is 0. The smallest absolute Gasteiger partial charge is 0.120 e. The Morgan fingerprint density at radius 3 is 2.50 bits per heavy atom. The molecule has 0 heterocycles. The minimum Gasteiger partial charge on any atom is -0.494 e. The summed E-state index contributed by atoms with van der Waals surface area (Å²) in [7, 11) is 0. The molecule has 2 heteroatoms. The van der Waals surface area contributed by atoms with Crippen LogP contribution < -0.4 is 4.74 Å². The lowest BCUT2D eigenvalue weighted by atomic mass is 10.3. The Bertz CT molecular complexity index is 211. The molecule has 12 heavy (non-hydrogen) atoms.